The molecule has 2 amide bonds. The highest BCUT2D eigenvalue weighted by atomic mass is 32.2. The Hall–Kier alpha value is -4.11. The fourth-order valence-electron chi connectivity index (χ4n) is 3.56. The van der Waals surface area contributed by atoms with Crippen molar-refractivity contribution in [3.8, 4) is 5.75 Å². The first kappa shape index (κ1) is 25.0. The Morgan fingerprint density at radius 2 is 1.78 bits per heavy atom. The molecule has 0 aliphatic carbocycles. The molecule has 4 rings (SSSR count). The Morgan fingerprint density at radius 1 is 1.06 bits per heavy atom. The van der Waals surface area contributed by atoms with E-state index < -0.39 is 5.97 Å². The molecule has 1 atom stereocenters. The van der Waals surface area contributed by atoms with Crippen LogP contribution in [0.1, 0.15) is 32.4 Å². The van der Waals surface area contributed by atoms with Crippen LogP contribution in [0.4, 0.5) is 0 Å². The third-order valence-electron chi connectivity index (χ3n) is 5.47. The van der Waals surface area contributed by atoms with Crippen molar-refractivity contribution >= 4 is 35.8 Å². The van der Waals surface area contributed by atoms with Gasteiger partial charge in [0.1, 0.15) is 11.1 Å². The summed E-state index contributed by atoms with van der Waals surface area (Å²) in [5.41, 5.74) is 5.78. The summed E-state index contributed by atoms with van der Waals surface area (Å²) in [6.07, 6.45) is 1.51. The molecule has 3 aromatic rings. The molecule has 1 heterocycles. The molecule has 0 bridgehead atoms. The molecule has 36 heavy (non-hydrogen) atoms. The van der Waals surface area contributed by atoms with Crippen LogP contribution >= 0.6 is 11.8 Å². The molecular weight excluding hydrogens is 478 g/mol. The van der Waals surface area contributed by atoms with Gasteiger partial charge in [-0.2, -0.15) is 5.10 Å². The number of rotatable bonds is 9. The number of thioether (sulfide) groups is 1. The molecule has 0 saturated carbocycles. The minimum atomic E-state index is -0.462. The standard InChI is InChI=1S/C27H25N3O5S/c1-34-25(32)17-35-23-13-7-19(8-14-23)15-28-29-26(33)21-9-11-22(12-10-21)27-30(24(31)18-36-27)16-20-5-3-2-4-6-20/h2-15,27H,16-18H2,1H3,(H,29,33)/b28-15-/t27-/m1/s1. The van der Waals surface area contributed by atoms with E-state index in [0.717, 1.165) is 16.7 Å². The molecule has 1 fully saturated rings. The molecule has 1 aliphatic heterocycles. The van der Waals surface area contributed by atoms with Gasteiger partial charge in [-0.3, -0.25) is 9.59 Å². The largest absolute Gasteiger partial charge is 0.482 e. The number of hydrazone groups is 1. The maximum absolute atomic E-state index is 12.5. The van der Waals surface area contributed by atoms with Crippen LogP contribution in [0.2, 0.25) is 0 Å². The van der Waals surface area contributed by atoms with Crippen LogP contribution in [0.5, 0.6) is 5.75 Å². The average molecular weight is 504 g/mol. The van der Waals surface area contributed by atoms with E-state index in [-0.39, 0.29) is 23.8 Å². The molecule has 0 spiro atoms. The van der Waals surface area contributed by atoms with Gasteiger partial charge >= 0.3 is 5.97 Å². The van der Waals surface area contributed by atoms with Gasteiger partial charge in [0.05, 0.1) is 19.1 Å². The zero-order valence-electron chi connectivity index (χ0n) is 19.6. The van der Waals surface area contributed by atoms with Gasteiger partial charge in [-0.15, -0.1) is 11.8 Å². The van der Waals surface area contributed by atoms with Crippen LogP contribution in [0.15, 0.2) is 84.0 Å². The van der Waals surface area contributed by atoms with E-state index in [1.807, 2.05) is 47.4 Å². The second-order valence-corrected chi connectivity index (χ2v) is 8.99. The summed E-state index contributed by atoms with van der Waals surface area (Å²) >= 11 is 1.58. The molecule has 1 aliphatic rings. The van der Waals surface area contributed by atoms with E-state index in [1.54, 1.807) is 48.2 Å². The summed E-state index contributed by atoms with van der Waals surface area (Å²) in [4.78, 5) is 38.0. The molecule has 0 aromatic heterocycles. The molecule has 9 heteroatoms. The molecule has 1 saturated heterocycles. The summed E-state index contributed by atoms with van der Waals surface area (Å²) in [7, 11) is 1.30. The lowest BCUT2D eigenvalue weighted by Gasteiger charge is -2.24. The summed E-state index contributed by atoms with van der Waals surface area (Å²) in [5.74, 6) is 0.259. The predicted molar refractivity (Wildman–Crippen MR) is 138 cm³/mol. The number of benzene rings is 3. The number of nitrogens with zero attached hydrogens (tertiary/aromatic N) is 2. The van der Waals surface area contributed by atoms with E-state index in [9.17, 15) is 14.4 Å². The van der Waals surface area contributed by atoms with Gasteiger partial charge in [0.25, 0.3) is 5.91 Å². The SMILES string of the molecule is COC(=O)COc1ccc(/C=N\NC(=O)c2ccc([C@H]3SCC(=O)N3Cc3ccccc3)cc2)cc1. The van der Waals surface area contributed by atoms with E-state index in [1.165, 1.54) is 13.3 Å². The van der Waals surface area contributed by atoms with Crippen molar-refractivity contribution in [2.75, 3.05) is 19.5 Å². The van der Waals surface area contributed by atoms with Gasteiger partial charge in [0, 0.05) is 12.1 Å². The van der Waals surface area contributed by atoms with Crippen molar-refractivity contribution < 1.29 is 23.9 Å². The number of hydrogen-bond donors (Lipinski definition) is 1. The quantitative estimate of drug-likeness (QED) is 0.271. The Labute approximate surface area is 213 Å². The lowest BCUT2D eigenvalue weighted by Crippen LogP contribution is -2.27. The Morgan fingerprint density at radius 3 is 2.47 bits per heavy atom. The van der Waals surface area contributed by atoms with Crippen LogP contribution in [0.25, 0.3) is 0 Å². The average Bonchev–Trinajstić information content (AvgIpc) is 3.28. The van der Waals surface area contributed by atoms with Crippen molar-refractivity contribution in [3.05, 3.63) is 101 Å². The lowest BCUT2D eigenvalue weighted by atomic mass is 10.1. The van der Waals surface area contributed by atoms with Crippen molar-refractivity contribution in [3.63, 3.8) is 0 Å². The number of methoxy groups -OCH3 is 1. The van der Waals surface area contributed by atoms with Gasteiger partial charge in [-0.1, -0.05) is 42.5 Å². The molecular formula is C27H25N3O5S. The fraction of sp³-hybridized carbons (Fsp3) is 0.185. The normalized spacial score (nSPS) is 15.2. The van der Waals surface area contributed by atoms with Crippen LogP contribution in [-0.4, -0.2) is 48.4 Å². The predicted octanol–water partition coefficient (Wildman–Crippen LogP) is 3.78. The Kier molecular flexibility index (Phi) is 8.36. The topological polar surface area (TPSA) is 97.3 Å². The van der Waals surface area contributed by atoms with Gasteiger partial charge < -0.3 is 14.4 Å². The maximum Gasteiger partial charge on any atom is 0.343 e. The van der Waals surface area contributed by atoms with E-state index in [0.29, 0.717) is 23.6 Å². The van der Waals surface area contributed by atoms with Crippen LogP contribution in [0, 0.1) is 0 Å². The molecule has 3 aromatic carbocycles. The first-order valence-electron chi connectivity index (χ1n) is 11.2. The first-order chi connectivity index (χ1) is 17.5. The van der Waals surface area contributed by atoms with Gasteiger partial charge in [-0.25, -0.2) is 10.2 Å². The number of esters is 1. The summed E-state index contributed by atoms with van der Waals surface area (Å²) in [6.45, 7) is 0.381. The molecule has 1 N–H and O–H groups in total. The van der Waals surface area contributed by atoms with E-state index >= 15 is 0 Å². The summed E-state index contributed by atoms with van der Waals surface area (Å²) in [5, 5.41) is 3.92. The first-order valence-corrected chi connectivity index (χ1v) is 12.3. The smallest absolute Gasteiger partial charge is 0.343 e. The third kappa shape index (κ3) is 6.51. The summed E-state index contributed by atoms with van der Waals surface area (Å²) < 4.78 is 9.82. The third-order valence-corrected chi connectivity index (χ3v) is 6.72. The maximum atomic E-state index is 12.5. The molecule has 0 unspecified atom stereocenters. The monoisotopic (exact) mass is 503 g/mol. The number of amides is 2. The van der Waals surface area contributed by atoms with Crippen molar-refractivity contribution in [2.45, 2.75) is 11.9 Å². The number of carbonyl (C=O) groups excluding carboxylic acids is 3. The highest BCUT2D eigenvalue weighted by molar-refractivity contribution is 8.00. The number of ether oxygens (including phenoxy) is 2. The van der Waals surface area contributed by atoms with Gasteiger partial charge in [0.15, 0.2) is 6.61 Å². The summed E-state index contributed by atoms with van der Waals surface area (Å²) in [6, 6.07) is 24.0. The second kappa shape index (κ2) is 12.0. The zero-order valence-corrected chi connectivity index (χ0v) is 20.4. The van der Waals surface area contributed by atoms with Crippen LogP contribution < -0.4 is 10.2 Å². The number of carbonyl (C=O) groups is 3. The van der Waals surface area contributed by atoms with Crippen molar-refractivity contribution in [1.82, 2.24) is 10.3 Å². The van der Waals surface area contributed by atoms with Crippen molar-refractivity contribution in [2.24, 2.45) is 5.10 Å². The van der Waals surface area contributed by atoms with E-state index in [2.05, 4.69) is 15.3 Å². The zero-order chi connectivity index (χ0) is 25.3. The Bertz CT molecular complexity index is 1230. The molecule has 0 radical (unpaired) electrons. The minimum absolute atomic E-state index is 0.0904. The number of hydrogen-bond acceptors (Lipinski definition) is 7. The second-order valence-electron chi connectivity index (χ2n) is 7.93. The molecule has 8 nitrogen and oxygen atoms in total. The molecule has 184 valence electrons. The van der Waals surface area contributed by atoms with Crippen LogP contribution in [-0.2, 0) is 20.9 Å². The van der Waals surface area contributed by atoms with Gasteiger partial charge in [0.2, 0.25) is 5.91 Å². The van der Waals surface area contributed by atoms with Crippen molar-refractivity contribution in [1.29, 1.82) is 0 Å². The fourth-order valence-corrected chi connectivity index (χ4v) is 4.75. The minimum Gasteiger partial charge on any atom is -0.482 e. The Balaban J connectivity index is 1.32. The highest BCUT2D eigenvalue weighted by Crippen LogP contribution is 2.39. The lowest BCUT2D eigenvalue weighted by molar-refractivity contribution is -0.142. The van der Waals surface area contributed by atoms with Crippen LogP contribution in [0.3, 0.4) is 0 Å². The number of nitrogens with one attached hydrogen (secondary N) is 1. The van der Waals surface area contributed by atoms with Gasteiger partial charge in [-0.05, 0) is 53.1 Å². The van der Waals surface area contributed by atoms with E-state index in [4.69, 9.17) is 4.74 Å². The highest BCUT2D eigenvalue weighted by Gasteiger charge is 2.32.